The first-order chi connectivity index (χ1) is 3.77. The Morgan fingerprint density at radius 2 is 2.25 bits per heavy atom. The van der Waals surface area contributed by atoms with Crippen LogP contribution in [0.3, 0.4) is 0 Å². The van der Waals surface area contributed by atoms with Crippen LogP contribution in [0.2, 0.25) is 0 Å². The Balaban J connectivity index is 2.72. The van der Waals surface area contributed by atoms with Crippen LogP contribution in [0.25, 0.3) is 0 Å². The van der Waals surface area contributed by atoms with E-state index in [-0.39, 0.29) is 0 Å². The minimum atomic E-state index is -0.661. The predicted octanol–water partition coefficient (Wildman–Crippen LogP) is -0.0108. The summed E-state index contributed by atoms with van der Waals surface area (Å²) in [6.07, 6.45) is 1.70. The number of hydrogen-bond donors (Lipinski definition) is 0. The minimum absolute atomic E-state index is 0.661. The lowest BCUT2D eigenvalue weighted by Gasteiger charge is -2.02. The SMILES string of the molecule is CC[N]CC[S+](C)[O-]. The molecule has 1 atom stereocenters. The highest BCUT2D eigenvalue weighted by Gasteiger charge is 1.93. The van der Waals surface area contributed by atoms with E-state index in [1.165, 1.54) is 0 Å². The first kappa shape index (κ1) is 8.27. The largest absolute Gasteiger partial charge is 0.617 e. The van der Waals surface area contributed by atoms with Gasteiger partial charge < -0.3 is 4.55 Å². The average Bonchev–Trinajstić information content (AvgIpc) is 1.66. The van der Waals surface area contributed by atoms with Crippen LogP contribution in [0, 0.1) is 0 Å². The molecule has 1 radical (unpaired) electrons. The van der Waals surface area contributed by atoms with E-state index in [9.17, 15) is 4.55 Å². The van der Waals surface area contributed by atoms with Gasteiger partial charge in [0.25, 0.3) is 0 Å². The molecule has 1 unspecified atom stereocenters. The second-order valence-corrected chi connectivity index (χ2v) is 3.10. The van der Waals surface area contributed by atoms with Crippen molar-refractivity contribution in [3.8, 4) is 0 Å². The zero-order valence-electron chi connectivity index (χ0n) is 5.39. The van der Waals surface area contributed by atoms with Gasteiger partial charge in [-0.1, -0.05) is 18.1 Å². The van der Waals surface area contributed by atoms with Gasteiger partial charge in [-0.05, 0) is 0 Å². The monoisotopic (exact) mass is 134 g/mol. The molecule has 0 fully saturated rings. The van der Waals surface area contributed by atoms with Crippen LogP contribution in [0.5, 0.6) is 0 Å². The molecule has 49 valence electrons. The topological polar surface area (TPSA) is 37.2 Å². The van der Waals surface area contributed by atoms with Gasteiger partial charge >= 0.3 is 0 Å². The Hall–Kier alpha value is 0.270. The van der Waals surface area contributed by atoms with Crippen LogP contribution in [-0.2, 0) is 11.2 Å². The predicted molar refractivity (Wildman–Crippen MR) is 36.5 cm³/mol. The molecule has 0 aliphatic carbocycles. The maximum atomic E-state index is 10.4. The van der Waals surface area contributed by atoms with Gasteiger partial charge in [-0.25, -0.2) is 5.32 Å². The highest BCUT2D eigenvalue weighted by atomic mass is 32.2. The van der Waals surface area contributed by atoms with Crippen molar-refractivity contribution in [2.45, 2.75) is 6.92 Å². The van der Waals surface area contributed by atoms with E-state index < -0.39 is 11.2 Å². The highest BCUT2D eigenvalue weighted by Crippen LogP contribution is 1.79. The molecule has 0 saturated carbocycles. The van der Waals surface area contributed by atoms with Gasteiger partial charge in [0, 0.05) is 6.54 Å². The average molecular weight is 134 g/mol. The first-order valence-corrected chi connectivity index (χ1v) is 4.43. The lowest BCUT2D eigenvalue weighted by Crippen LogP contribution is -2.15. The molecule has 2 nitrogen and oxygen atoms in total. The van der Waals surface area contributed by atoms with Crippen LogP contribution in [0.15, 0.2) is 0 Å². The van der Waals surface area contributed by atoms with Crippen molar-refractivity contribution in [3.63, 3.8) is 0 Å². The molecule has 0 aromatic heterocycles. The Bertz CT molecular complexity index is 49.7. The first-order valence-electron chi connectivity index (χ1n) is 2.70. The summed E-state index contributed by atoms with van der Waals surface area (Å²) in [7, 11) is 0. The van der Waals surface area contributed by atoms with Crippen LogP contribution < -0.4 is 5.32 Å². The van der Waals surface area contributed by atoms with Crippen molar-refractivity contribution >= 4 is 11.2 Å². The number of rotatable bonds is 4. The zero-order chi connectivity index (χ0) is 6.41. The Morgan fingerprint density at radius 1 is 1.62 bits per heavy atom. The quantitative estimate of drug-likeness (QED) is 0.393. The molecule has 0 aliphatic heterocycles. The summed E-state index contributed by atoms with van der Waals surface area (Å²) < 4.78 is 10.4. The van der Waals surface area contributed by atoms with Gasteiger partial charge in [0.2, 0.25) is 0 Å². The molecule has 0 saturated heterocycles. The van der Waals surface area contributed by atoms with Crippen molar-refractivity contribution in [2.24, 2.45) is 0 Å². The van der Waals surface area contributed by atoms with Gasteiger partial charge in [-0.2, -0.15) is 0 Å². The molecule has 0 aromatic carbocycles. The second kappa shape index (κ2) is 5.41. The van der Waals surface area contributed by atoms with E-state index in [0.717, 1.165) is 13.1 Å². The maximum Gasteiger partial charge on any atom is 0.119 e. The van der Waals surface area contributed by atoms with E-state index in [1.807, 2.05) is 6.92 Å². The summed E-state index contributed by atoms with van der Waals surface area (Å²) in [6, 6.07) is 0. The van der Waals surface area contributed by atoms with Crippen molar-refractivity contribution < 1.29 is 4.55 Å². The fourth-order valence-electron chi connectivity index (χ4n) is 0.351. The van der Waals surface area contributed by atoms with Crippen LogP contribution in [-0.4, -0.2) is 29.7 Å². The molecule has 0 aliphatic rings. The van der Waals surface area contributed by atoms with Crippen LogP contribution in [0.1, 0.15) is 6.92 Å². The normalized spacial score (nSPS) is 13.9. The molecule has 3 heteroatoms. The van der Waals surface area contributed by atoms with E-state index in [1.54, 1.807) is 6.26 Å². The Morgan fingerprint density at radius 3 is 2.62 bits per heavy atom. The third-order valence-electron chi connectivity index (χ3n) is 0.760. The fourth-order valence-corrected chi connectivity index (χ4v) is 0.737. The van der Waals surface area contributed by atoms with Gasteiger partial charge in [-0.3, -0.25) is 0 Å². The molecule has 0 aromatic rings. The second-order valence-electron chi connectivity index (χ2n) is 1.54. The van der Waals surface area contributed by atoms with Gasteiger partial charge in [0.05, 0.1) is 12.8 Å². The van der Waals surface area contributed by atoms with Crippen molar-refractivity contribution in [3.05, 3.63) is 0 Å². The Kier molecular flexibility index (Phi) is 5.59. The zero-order valence-corrected chi connectivity index (χ0v) is 6.20. The lowest BCUT2D eigenvalue weighted by atomic mass is 10.7. The molecule has 8 heavy (non-hydrogen) atoms. The number of nitrogens with zero attached hydrogens (tertiary/aromatic N) is 1. The van der Waals surface area contributed by atoms with Crippen molar-refractivity contribution in [1.82, 2.24) is 5.32 Å². The summed E-state index contributed by atoms with van der Waals surface area (Å²) >= 11 is -0.661. The van der Waals surface area contributed by atoms with Gasteiger partial charge in [0.1, 0.15) is 5.75 Å². The van der Waals surface area contributed by atoms with Crippen molar-refractivity contribution in [1.29, 1.82) is 0 Å². The highest BCUT2D eigenvalue weighted by molar-refractivity contribution is 7.90. The summed E-state index contributed by atoms with van der Waals surface area (Å²) in [6.45, 7) is 3.58. The molecule has 0 rings (SSSR count). The van der Waals surface area contributed by atoms with E-state index in [2.05, 4.69) is 5.32 Å². The van der Waals surface area contributed by atoms with E-state index in [4.69, 9.17) is 0 Å². The Labute approximate surface area is 53.8 Å². The standard InChI is InChI=1S/C5H12NOS/c1-3-6-4-5-8(2)7/h3-5H2,1-2H3. The van der Waals surface area contributed by atoms with E-state index >= 15 is 0 Å². The van der Waals surface area contributed by atoms with Crippen LogP contribution in [0.4, 0.5) is 0 Å². The maximum absolute atomic E-state index is 10.4. The van der Waals surface area contributed by atoms with Gasteiger partial charge in [-0.15, -0.1) is 0 Å². The molecule has 0 spiro atoms. The molecule has 0 bridgehead atoms. The smallest absolute Gasteiger partial charge is 0.119 e. The molecule has 0 N–H and O–H groups in total. The molecular formula is C5H12NOS. The third-order valence-corrected chi connectivity index (χ3v) is 1.52. The summed E-state index contributed by atoms with van der Waals surface area (Å²) in [5, 5.41) is 4.02. The third kappa shape index (κ3) is 6.27. The summed E-state index contributed by atoms with van der Waals surface area (Å²) in [4.78, 5) is 0. The summed E-state index contributed by atoms with van der Waals surface area (Å²) in [5.41, 5.74) is 0. The fraction of sp³-hybridized carbons (Fsp3) is 1.00. The van der Waals surface area contributed by atoms with Crippen molar-refractivity contribution in [2.75, 3.05) is 25.1 Å². The lowest BCUT2D eigenvalue weighted by molar-refractivity contribution is 0.596. The molecular weight excluding hydrogens is 122 g/mol. The van der Waals surface area contributed by atoms with Crippen LogP contribution >= 0.6 is 0 Å². The number of hydrogen-bond acceptors (Lipinski definition) is 1. The van der Waals surface area contributed by atoms with E-state index in [0.29, 0.717) is 5.75 Å². The van der Waals surface area contributed by atoms with Gasteiger partial charge in [0.15, 0.2) is 0 Å². The summed E-state index contributed by atoms with van der Waals surface area (Å²) in [5.74, 6) is 0.716. The minimum Gasteiger partial charge on any atom is -0.617 e. The molecule has 0 heterocycles. The molecule has 0 amide bonds.